The molecule has 1 unspecified atom stereocenters. The van der Waals surface area contributed by atoms with Crippen molar-refractivity contribution in [3.05, 3.63) is 107 Å². The molecule has 39 heavy (non-hydrogen) atoms. The molecule has 200 valence electrons. The Labute approximate surface area is 228 Å². The number of pyridine rings is 1. The van der Waals surface area contributed by atoms with Gasteiger partial charge in [0.05, 0.1) is 23.9 Å². The first-order chi connectivity index (χ1) is 19.0. The predicted molar refractivity (Wildman–Crippen MR) is 151 cm³/mol. The predicted octanol–water partition coefficient (Wildman–Crippen LogP) is 5.88. The molecule has 5 rings (SSSR count). The third-order valence-electron chi connectivity index (χ3n) is 7.14. The molecule has 7 heteroatoms. The number of amides is 1. The fourth-order valence-corrected chi connectivity index (χ4v) is 5.19. The summed E-state index contributed by atoms with van der Waals surface area (Å²) < 4.78 is 7.73. The summed E-state index contributed by atoms with van der Waals surface area (Å²) in [6.45, 7) is 4.84. The largest absolute Gasteiger partial charge is 0.505 e. The van der Waals surface area contributed by atoms with Gasteiger partial charge < -0.3 is 14.7 Å². The molecule has 1 fully saturated rings. The maximum absolute atomic E-state index is 13.6. The fourth-order valence-electron chi connectivity index (χ4n) is 5.19. The summed E-state index contributed by atoms with van der Waals surface area (Å²) in [6, 6.07) is 22.1. The van der Waals surface area contributed by atoms with E-state index < -0.39 is 17.7 Å². The van der Waals surface area contributed by atoms with Crippen molar-refractivity contribution in [1.82, 2.24) is 14.3 Å². The lowest BCUT2D eigenvalue weighted by atomic mass is 9.96. The van der Waals surface area contributed by atoms with E-state index in [2.05, 4.69) is 11.9 Å². The first-order valence-electron chi connectivity index (χ1n) is 13.5. The minimum absolute atomic E-state index is 0.0601. The number of likely N-dealkylation sites (tertiary alicyclic amines) is 1. The van der Waals surface area contributed by atoms with Crippen LogP contribution in [0.4, 0.5) is 0 Å². The first-order valence-corrected chi connectivity index (χ1v) is 13.5. The molecule has 0 aliphatic carbocycles. The van der Waals surface area contributed by atoms with Crippen molar-refractivity contribution in [2.45, 2.75) is 45.6 Å². The van der Waals surface area contributed by atoms with E-state index in [4.69, 9.17) is 4.74 Å². The zero-order valence-electron chi connectivity index (χ0n) is 22.3. The maximum atomic E-state index is 13.6. The highest BCUT2D eigenvalue weighted by Crippen LogP contribution is 2.41. The topological polar surface area (TPSA) is 84.1 Å². The van der Waals surface area contributed by atoms with Crippen molar-refractivity contribution in [1.29, 1.82) is 0 Å². The number of aliphatic hydroxyl groups is 1. The highest BCUT2D eigenvalue weighted by atomic mass is 16.5. The summed E-state index contributed by atoms with van der Waals surface area (Å²) in [6.07, 6.45) is 5.49. The Bertz CT molecular complexity index is 1520. The van der Waals surface area contributed by atoms with E-state index in [0.29, 0.717) is 47.9 Å². The second kappa shape index (κ2) is 11.6. The van der Waals surface area contributed by atoms with E-state index in [1.165, 1.54) is 0 Å². The molecular formula is C32H33N3O4. The van der Waals surface area contributed by atoms with Gasteiger partial charge in [0.1, 0.15) is 17.1 Å². The van der Waals surface area contributed by atoms with Gasteiger partial charge in [0.15, 0.2) is 5.76 Å². The number of imidazole rings is 1. The number of Topliss-reactive ketones (excluding diaryl/α,β-unsaturated/α-hetero) is 1. The van der Waals surface area contributed by atoms with Gasteiger partial charge in [0.25, 0.3) is 11.7 Å². The summed E-state index contributed by atoms with van der Waals surface area (Å²) in [5.41, 5.74) is 3.45. The van der Waals surface area contributed by atoms with Gasteiger partial charge in [-0.3, -0.25) is 14.0 Å². The van der Waals surface area contributed by atoms with E-state index in [1.807, 2.05) is 72.8 Å². The molecule has 1 aliphatic heterocycles. The Morgan fingerprint density at radius 3 is 2.59 bits per heavy atom. The summed E-state index contributed by atoms with van der Waals surface area (Å²) in [7, 11) is 0. The average molecular weight is 524 g/mol. The van der Waals surface area contributed by atoms with Crippen LogP contribution in [0.15, 0.2) is 84.6 Å². The number of ketones is 1. The summed E-state index contributed by atoms with van der Waals surface area (Å²) in [5, 5.41) is 11.7. The Hall–Kier alpha value is -4.39. The minimum atomic E-state index is -0.762. The molecule has 1 N–H and O–H groups in total. The smallest absolute Gasteiger partial charge is 0.295 e. The van der Waals surface area contributed by atoms with Crippen LogP contribution in [0, 0.1) is 6.92 Å². The number of fused-ring (bicyclic) bond motifs is 1. The van der Waals surface area contributed by atoms with Gasteiger partial charge in [-0.2, -0.15) is 0 Å². The third kappa shape index (κ3) is 5.30. The molecule has 4 aromatic rings. The number of carbonyl (C=O) groups excluding carboxylic acids is 2. The number of ether oxygens (including phenoxy) is 1. The molecule has 1 atom stereocenters. The van der Waals surface area contributed by atoms with Crippen LogP contribution in [0.3, 0.4) is 0 Å². The van der Waals surface area contributed by atoms with Crippen LogP contribution >= 0.6 is 0 Å². The molecule has 3 heterocycles. The zero-order valence-corrected chi connectivity index (χ0v) is 22.3. The van der Waals surface area contributed by atoms with E-state index in [0.717, 1.165) is 24.8 Å². The van der Waals surface area contributed by atoms with E-state index in [1.54, 1.807) is 22.4 Å². The standard InChI is InChI=1S/C32H33N3O4/c1-3-4-10-20-39-25-15-11-14-24(21-25)29-27(30(36)28-22(2)33-26-16-8-9-18-34(26)28)31(37)32(38)35(29)19-17-23-12-6-5-7-13-23/h5-9,11-16,18,21,29,36H,3-4,10,17,19-20H2,1-2H3/b30-27+. The molecule has 2 aromatic carbocycles. The van der Waals surface area contributed by atoms with Crippen molar-refractivity contribution in [2.24, 2.45) is 0 Å². The number of unbranched alkanes of at least 4 members (excludes halogenated alkanes) is 2. The number of hydrogen-bond acceptors (Lipinski definition) is 5. The summed E-state index contributed by atoms with van der Waals surface area (Å²) >= 11 is 0. The third-order valence-corrected chi connectivity index (χ3v) is 7.14. The molecule has 7 nitrogen and oxygen atoms in total. The first kappa shape index (κ1) is 26.2. The van der Waals surface area contributed by atoms with Crippen molar-refractivity contribution >= 4 is 23.1 Å². The summed E-state index contributed by atoms with van der Waals surface area (Å²) in [4.78, 5) is 33.1. The Kier molecular flexibility index (Phi) is 7.77. The number of carbonyl (C=O) groups is 2. The van der Waals surface area contributed by atoms with Gasteiger partial charge in [0, 0.05) is 12.7 Å². The Balaban J connectivity index is 1.59. The molecule has 0 spiro atoms. The monoisotopic (exact) mass is 523 g/mol. The van der Waals surface area contributed by atoms with Crippen molar-refractivity contribution in [3.63, 3.8) is 0 Å². The normalized spacial score (nSPS) is 16.8. The molecule has 0 bridgehead atoms. The van der Waals surface area contributed by atoms with Gasteiger partial charge in [-0.25, -0.2) is 4.98 Å². The van der Waals surface area contributed by atoms with Crippen molar-refractivity contribution in [3.8, 4) is 5.75 Å². The van der Waals surface area contributed by atoms with Gasteiger partial charge in [0.2, 0.25) is 0 Å². The fraction of sp³-hybridized carbons (Fsp3) is 0.281. The molecular weight excluding hydrogens is 490 g/mol. The molecule has 1 saturated heterocycles. The van der Waals surface area contributed by atoms with Crippen LogP contribution in [0.5, 0.6) is 5.75 Å². The maximum Gasteiger partial charge on any atom is 0.295 e. The van der Waals surface area contributed by atoms with Gasteiger partial charge in [-0.05, 0) is 55.2 Å². The number of aromatic nitrogens is 2. The second-order valence-corrected chi connectivity index (χ2v) is 9.83. The van der Waals surface area contributed by atoms with Crippen molar-refractivity contribution < 1.29 is 19.4 Å². The highest BCUT2D eigenvalue weighted by Gasteiger charge is 2.46. The van der Waals surface area contributed by atoms with Crippen LogP contribution in [-0.4, -0.2) is 44.2 Å². The number of hydrogen-bond donors (Lipinski definition) is 1. The summed E-state index contributed by atoms with van der Waals surface area (Å²) in [5.74, 6) is -0.891. The number of benzene rings is 2. The lowest BCUT2D eigenvalue weighted by molar-refractivity contribution is -0.139. The SMILES string of the molecule is CCCCCOc1cccc(C2/C(=C(\O)c3c(C)nc4ccccn34)C(=O)C(=O)N2CCc2ccccc2)c1. The van der Waals surface area contributed by atoms with Crippen LogP contribution in [0.2, 0.25) is 0 Å². The second-order valence-electron chi connectivity index (χ2n) is 9.83. The Morgan fingerprint density at radius 1 is 1.00 bits per heavy atom. The molecule has 0 radical (unpaired) electrons. The number of aryl methyl sites for hydroxylation is 1. The van der Waals surface area contributed by atoms with Crippen LogP contribution < -0.4 is 4.74 Å². The van der Waals surface area contributed by atoms with Gasteiger partial charge >= 0.3 is 0 Å². The van der Waals surface area contributed by atoms with Crippen LogP contribution in [0.25, 0.3) is 11.4 Å². The van der Waals surface area contributed by atoms with Crippen molar-refractivity contribution in [2.75, 3.05) is 13.2 Å². The van der Waals surface area contributed by atoms with E-state index in [-0.39, 0.29) is 11.3 Å². The number of rotatable bonds is 10. The molecule has 1 amide bonds. The molecule has 1 aliphatic rings. The van der Waals surface area contributed by atoms with Crippen LogP contribution in [-0.2, 0) is 16.0 Å². The van der Waals surface area contributed by atoms with E-state index >= 15 is 0 Å². The number of aliphatic hydroxyl groups excluding tert-OH is 1. The number of nitrogens with zero attached hydrogens (tertiary/aromatic N) is 3. The average Bonchev–Trinajstić information content (AvgIpc) is 3.42. The molecule has 0 saturated carbocycles. The van der Waals surface area contributed by atoms with E-state index in [9.17, 15) is 14.7 Å². The van der Waals surface area contributed by atoms with Gasteiger partial charge in [-0.15, -0.1) is 0 Å². The highest BCUT2D eigenvalue weighted by molar-refractivity contribution is 6.46. The quantitative estimate of drug-likeness (QED) is 0.122. The molecule has 2 aromatic heterocycles. The zero-order chi connectivity index (χ0) is 27.4. The lowest BCUT2D eigenvalue weighted by Gasteiger charge is -2.26. The van der Waals surface area contributed by atoms with Gasteiger partial charge in [-0.1, -0.05) is 68.3 Å². The lowest BCUT2D eigenvalue weighted by Crippen LogP contribution is -2.31. The Morgan fingerprint density at radius 2 is 1.79 bits per heavy atom. The minimum Gasteiger partial charge on any atom is -0.505 e. The van der Waals surface area contributed by atoms with Crippen LogP contribution in [0.1, 0.15) is 54.7 Å².